The van der Waals surface area contributed by atoms with Crippen molar-refractivity contribution in [3.05, 3.63) is 35.9 Å². The average Bonchev–Trinajstić information content (AvgIpc) is 2.98. The van der Waals surface area contributed by atoms with Crippen LogP contribution in [-0.4, -0.2) is 26.4 Å². The summed E-state index contributed by atoms with van der Waals surface area (Å²) < 4.78 is 22.3. The van der Waals surface area contributed by atoms with E-state index in [1.54, 1.807) is 10.7 Å². The van der Waals surface area contributed by atoms with E-state index in [0.29, 0.717) is 18.0 Å². The average molecular weight is 289 g/mol. The quantitative estimate of drug-likeness (QED) is 0.794. The number of anilines is 1. The van der Waals surface area contributed by atoms with E-state index in [0.717, 1.165) is 17.5 Å². The summed E-state index contributed by atoms with van der Waals surface area (Å²) in [6.07, 6.45) is 4.54. The number of nitrogens with two attached hydrogens (primary N) is 1. The van der Waals surface area contributed by atoms with E-state index < -0.39 is 5.82 Å². The standard InChI is InChI=1S/C14H16FN5O/c1-19-8-9(7-17-19)3-4-20-12-6-13(21-2)10(15)5-11(12)18-14(20)16/h5-8H,3-4H2,1-2H3,(H2,16,18). The van der Waals surface area contributed by atoms with Crippen LogP contribution in [0.4, 0.5) is 10.3 Å². The highest BCUT2D eigenvalue weighted by atomic mass is 19.1. The van der Waals surface area contributed by atoms with Gasteiger partial charge in [-0.15, -0.1) is 0 Å². The number of halogens is 1. The molecule has 0 unspecified atom stereocenters. The van der Waals surface area contributed by atoms with E-state index in [4.69, 9.17) is 10.5 Å². The lowest BCUT2D eigenvalue weighted by molar-refractivity contribution is 0.387. The Kier molecular flexibility index (Phi) is 3.25. The highest BCUT2D eigenvalue weighted by Gasteiger charge is 2.13. The van der Waals surface area contributed by atoms with Crippen LogP contribution < -0.4 is 10.5 Å². The van der Waals surface area contributed by atoms with Gasteiger partial charge in [-0.2, -0.15) is 5.10 Å². The molecule has 0 bridgehead atoms. The second-order valence-electron chi connectivity index (χ2n) is 4.87. The summed E-state index contributed by atoms with van der Waals surface area (Å²) >= 11 is 0. The van der Waals surface area contributed by atoms with E-state index in [-0.39, 0.29) is 5.75 Å². The molecule has 21 heavy (non-hydrogen) atoms. The van der Waals surface area contributed by atoms with Crippen LogP contribution in [-0.2, 0) is 20.0 Å². The van der Waals surface area contributed by atoms with Crippen LogP contribution in [0.25, 0.3) is 11.0 Å². The van der Waals surface area contributed by atoms with E-state index in [1.807, 2.05) is 24.0 Å². The fraction of sp³-hybridized carbons (Fsp3) is 0.286. The van der Waals surface area contributed by atoms with Gasteiger partial charge >= 0.3 is 0 Å². The van der Waals surface area contributed by atoms with E-state index in [1.165, 1.54) is 13.2 Å². The molecule has 3 rings (SSSR count). The van der Waals surface area contributed by atoms with Crippen LogP contribution in [0.5, 0.6) is 5.75 Å². The molecule has 2 heterocycles. The molecule has 0 atom stereocenters. The van der Waals surface area contributed by atoms with Gasteiger partial charge in [0.2, 0.25) is 5.95 Å². The van der Waals surface area contributed by atoms with Gasteiger partial charge < -0.3 is 15.0 Å². The third-order valence-electron chi connectivity index (χ3n) is 3.43. The van der Waals surface area contributed by atoms with Crippen molar-refractivity contribution in [2.24, 2.45) is 7.05 Å². The highest BCUT2D eigenvalue weighted by Crippen LogP contribution is 2.26. The van der Waals surface area contributed by atoms with Crippen molar-refractivity contribution in [2.75, 3.05) is 12.8 Å². The van der Waals surface area contributed by atoms with E-state index in [2.05, 4.69) is 10.1 Å². The first-order valence-electron chi connectivity index (χ1n) is 6.55. The third kappa shape index (κ3) is 2.42. The minimum Gasteiger partial charge on any atom is -0.494 e. The van der Waals surface area contributed by atoms with Gasteiger partial charge in [0, 0.05) is 31.9 Å². The molecule has 0 spiro atoms. The Morgan fingerprint density at radius 3 is 2.86 bits per heavy atom. The highest BCUT2D eigenvalue weighted by molar-refractivity contribution is 5.80. The summed E-state index contributed by atoms with van der Waals surface area (Å²) in [4.78, 5) is 4.19. The van der Waals surface area contributed by atoms with Gasteiger partial charge in [0.1, 0.15) is 0 Å². The molecule has 0 fully saturated rings. The fourth-order valence-corrected chi connectivity index (χ4v) is 2.38. The molecule has 0 radical (unpaired) electrons. The first-order chi connectivity index (χ1) is 10.1. The lowest BCUT2D eigenvalue weighted by atomic mass is 10.2. The van der Waals surface area contributed by atoms with Crippen LogP contribution >= 0.6 is 0 Å². The lowest BCUT2D eigenvalue weighted by Crippen LogP contribution is -2.05. The lowest BCUT2D eigenvalue weighted by Gasteiger charge is -2.07. The van der Waals surface area contributed by atoms with Crippen LogP contribution in [0.3, 0.4) is 0 Å². The van der Waals surface area contributed by atoms with Gasteiger partial charge in [-0.3, -0.25) is 4.68 Å². The topological polar surface area (TPSA) is 70.9 Å². The monoisotopic (exact) mass is 289 g/mol. The van der Waals surface area contributed by atoms with Crippen molar-refractivity contribution in [2.45, 2.75) is 13.0 Å². The number of aromatic nitrogens is 4. The van der Waals surface area contributed by atoms with Crippen molar-refractivity contribution < 1.29 is 9.13 Å². The predicted molar refractivity (Wildman–Crippen MR) is 77.6 cm³/mol. The zero-order chi connectivity index (χ0) is 15.0. The molecule has 0 aliphatic heterocycles. The first kappa shape index (κ1) is 13.4. The van der Waals surface area contributed by atoms with Gasteiger partial charge in [-0.25, -0.2) is 9.37 Å². The Hall–Kier alpha value is -2.57. The van der Waals surface area contributed by atoms with Crippen LogP contribution in [0.1, 0.15) is 5.56 Å². The minimum atomic E-state index is -0.443. The van der Waals surface area contributed by atoms with Crippen molar-refractivity contribution in [1.82, 2.24) is 19.3 Å². The number of rotatable bonds is 4. The summed E-state index contributed by atoms with van der Waals surface area (Å²) in [5.41, 5.74) is 8.32. The summed E-state index contributed by atoms with van der Waals surface area (Å²) in [6.45, 7) is 0.642. The number of ether oxygens (including phenoxy) is 1. The molecule has 1 aromatic carbocycles. The molecule has 3 aromatic rings. The number of benzene rings is 1. The Labute approximate surface area is 120 Å². The maximum absolute atomic E-state index is 13.7. The molecular weight excluding hydrogens is 273 g/mol. The number of imidazole rings is 1. The van der Waals surface area contributed by atoms with Crippen molar-refractivity contribution in [3.8, 4) is 5.75 Å². The molecule has 0 amide bonds. The Morgan fingerprint density at radius 2 is 2.19 bits per heavy atom. The van der Waals surface area contributed by atoms with Crippen molar-refractivity contribution in [3.63, 3.8) is 0 Å². The van der Waals surface area contributed by atoms with E-state index >= 15 is 0 Å². The van der Waals surface area contributed by atoms with Crippen LogP contribution in [0.15, 0.2) is 24.5 Å². The molecular formula is C14H16FN5O. The number of aryl methyl sites for hydroxylation is 3. The SMILES string of the molecule is COc1cc2c(cc1F)nc(N)n2CCc1cnn(C)c1. The van der Waals surface area contributed by atoms with Crippen molar-refractivity contribution >= 4 is 17.0 Å². The molecule has 0 saturated carbocycles. The number of nitrogens with zero attached hydrogens (tertiary/aromatic N) is 4. The third-order valence-corrected chi connectivity index (χ3v) is 3.43. The summed E-state index contributed by atoms with van der Waals surface area (Å²) in [7, 11) is 3.31. The number of hydrogen-bond acceptors (Lipinski definition) is 4. The number of fused-ring (bicyclic) bond motifs is 1. The zero-order valence-corrected chi connectivity index (χ0v) is 11.9. The Bertz CT molecular complexity index is 792. The molecule has 0 aliphatic rings. The molecule has 2 aromatic heterocycles. The Balaban J connectivity index is 1.95. The van der Waals surface area contributed by atoms with Crippen LogP contribution in [0.2, 0.25) is 0 Å². The zero-order valence-electron chi connectivity index (χ0n) is 11.9. The van der Waals surface area contributed by atoms with Crippen molar-refractivity contribution in [1.29, 1.82) is 0 Å². The van der Waals surface area contributed by atoms with Crippen LogP contribution in [0, 0.1) is 5.82 Å². The minimum absolute atomic E-state index is 0.185. The van der Waals surface area contributed by atoms with Gasteiger partial charge in [0.05, 0.1) is 24.3 Å². The second-order valence-corrected chi connectivity index (χ2v) is 4.87. The van der Waals surface area contributed by atoms with Gasteiger partial charge in [0.25, 0.3) is 0 Å². The summed E-state index contributed by atoms with van der Waals surface area (Å²) in [6, 6.07) is 2.96. The molecule has 6 nitrogen and oxygen atoms in total. The normalized spacial score (nSPS) is 11.2. The second kappa shape index (κ2) is 5.08. The largest absolute Gasteiger partial charge is 0.494 e. The fourth-order valence-electron chi connectivity index (χ4n) is 2.38. The van der Waals surface area contributed by atoms with E-state index in [9.17, 15) is 4.39 Å². The predicted octanol–water partition coefficient (Wildman–Crippen LogP) is 1.74. The molecule has 110 valence electrons. The number of hydrogen-bond donors (Lipinski definition) is 1. The maximum atomic E-state index is 13.7. The molecule has 2 N–H and O–H groups in total. The Morgan fingerprint density at radius 1 is 1.38 bits per heavy atom. The maximum Gasteiger partial charge on any atom is 0.201 e. The summed E-state index contributed by atoms with van der Waals surface area (Å²) in [5, 5.41) is 4.13. The smallest absolute Gasteiger partial charge is 0.201 e. The molecule has 0 saturated heterocycles. The van der Waals surface area contributed by atoms with Gasteiger partial charge in [-0.05, 0) is 12.0 Å². The number of methoxy groups -OCH3 is 1. The molecule has 0 aliphatic carbocycles. The summed E-state index contributed by atoms with van der Waals surface area (Å²) in [5.74, 6) is 0.105. The first-order valence-corrected chi connectivity index (χ1v) is 6.55. The molecule has 7 heteroatoms. The van der Waals surface area contributed by atoms with Gasteiger partial charge in [-0.1, -0.05) is 0 Å². The number of nitrogen functional groups attached to an aromatic ring is 1. The van der Waals surface area contributed by atoms with Gasteiger partial charge in [0.15, 0.2) is 11.6 Å².